The summed E-state index contributed by atoms with van der Waals surface area (Å²) < 4.78 is 13.7. The monoisotopic (exact) mass is 279 g/mol. The second-order valence-corrected chi connectivity index (χ2v) is 4.65. The third-order valence-electron chi connectivity index (χ3n) is 2.42. The molecule has 0 spiro atoms. The number of nitrogen functional groups attached to an aromatic ring is 1. The maximum Gasteiger partial charge on any atom is 0.191 e. The number of aryl methyl sites for hydroxylation is 1. The van der Waals surface area contributed by atoms with E-state index < -0.39 is 0 Å². The average Bonchev–Trinajstić information content (AvgIpc) is 2.41. The minimum atomic E-state index is -0.327. The number of hydrogen-bond acceptors (Lipinski definition) is 6. The predicted molar refractivity (Wildman–Crippen MR) is 76.0 cm³/mol. The Hall–Kier alpha value is -1.86. The third kappa shape index (κ3) is 3.33. The fourth-order valence-corrected chi connectivity index (χ4v) is 1.89. The Morgan fingerprint density at radius 3 is 2.58 bits per heavy atom. The molecule has 0 amide bonds. The lowest BCUT2D eigenvalue weighted by molar-refractivity contribution is 0.630. The van der Waals surface area contributed by atoms with Gasteiger partial charge in [0.25, 0.3) is 0 Å². The van der Waals surface area contributed by atoms with E-state index in [9.17, 15) is 4.39 Å². The maximum atomic E-state index is 13.7. The summed E-state index contributed by atoms with van der Waals surface area (Å²) in [5.41, 5.74) is 3.67. The van der Waals surface area contributed by atoms with Crippen LogP contribution in [0.3, 0.4) is 0 Å². The first kappa shape index (κ1) is 13.6. The van der Waals surface area contributed by atoms with E-state index in [1.807, 2.05) is 19.2 Å². The van der Waals surface area contributed by atoms with Crippen molar-refractivity contribution < 1.29 is 4.39 Å². The number of thioether (sulfide) groups is 1. The molecule has 0 radical (unpaired) electrons. The Morgan fingerprint density at radius 2 is 1.95 bits per heavy atom. The number of nitrogens with two attached hydrogens (primary N) is 1. The SMILES string of the molecule is CSc1nc(NN)cc(Nc2ccc(C)cc2F)n1. The van der Waals surface area contributed by atoms with Crippen molar-refractivity contribution in [3.63, 3.8) is 0 Å². The van der Waals surface area contributed by atoms with E-state index in [-0.39, 0.29) is 5.82 Å². The fourth-order valence-electron chi connectivity index (χ4n) is 1.51. The minimum absolute atomic E-state index is 0.327. The van der Waals surface area contributed by atoms with Gasteiger partial charge in [0.05, 0.1) is 5.69 Å². The van der Waals surface area contributed by atoms with Crippen LogP contribution in [0.15, 0.2) is 29.4 Å². The van der Waals surface area contributed by atoms with Gasteiger partial charge in [-0.25, -0.2) is 20.2 Å². The number of hydrogen-bond donors (Lipinski definition) is 3. The molecule has 4 N–H and O–H groups in total. The highest BCUT2D eigenvalue weighted by Gasteiger charge is 2.06. The first-order valence-corrected chi connectivity index (χ1v) is 6.77. The molecule has 2 aromatic rings. The molecule has 2 rings (SSSR count). The zero-order valence-corrected chi connectivity index (χ0v) is 11.4. The Balaban J connectivity index is 2.31. The molecule has 0 atom stereocenters. The molecule has 0 aliphatic rings. The Labute approximate surface area is 114 Å². The van der Waals surface area contributed by atoms with Gasteiger partial charge in [-0.1, -0.05) is 17.8 Å². The Kier molecular flexibility index (Phi) is 4.18. The van der Waals surface area contributed by atoms with E-state index in [2.05, 4.69) is 20.7 Å². The van der Waals surface area contributed by atoms with Crippen molar-refractivity contribution in [2.45, 2.75) is 12.1 Å². The summed E-state index contributed by atoms with van der Waals surface area (Å²) in [5, 5.41) is 3.46. The summed E-state index contributed by atoms with van der Waals surface area (Å²) in [5.74, 6) is 5.96. The second-order valence-electron chi connectivity index (χ2n) is 3.88. The molecule has 100 valence electrons. The molecule has 7 heteroatoms. The average molecular weight is 279 g/mol. The van der Waals surface area contributed by atoms with Crippen LogP contribution in [0.1, 0.15) is 5.56 Å². The quantitative estimate of drug-likeness (QED) is 0.346. The highest BCUT2D eigenvalue weighted by Crippen LogP contribution is 2.22. The lowest BCUT2D eigenvalue weighted by Crippen LogP contribution is -2.10. The normalized spacial score (nSPS) is 10.3. The fraction of sp³-hybridized carbons (Fsp3) is 0.167. The van der Waals surface area contributed by atoms with Gasteiger partial charge in [-0.15, -0.1) is 0 Å². The van der Waals surface area contributed by atoms with Gasteiger partial charge in [0.15, 0.2) is 5.16 Å². The van der Waals surface area contributed by atoms with Crippen molar-refractivity contribution >= 4 is 29.1 Å². The van der Waals surface area contributed by atoms with E-state index in [4.69, 9.17) is 5.84 Å². The highest BCUT2D eigenvalue weighted by atomic mass is 32.2. The van der Waals surface area contributed by atoms with Crippen LogP contribution in [0.5, 0.6) is 0 Å². The van der Waals surface area contributed by atoms with Gasteiger partial charge < -0.3 is 10.7 Å². The lowest BCUT2D eigenvalue weighted by atomic mass is 10.2. The van der Waals surface area contributed by atoms with Crippen LogP contribution in [0.25, 0.3) is 0 Å². The number of benzene rings is 1. The lowest BCUT2D eigenvalue weighted by Gasteiger charge is -2.09. The molecule has 0 saturated heterocycles. The molecule has 5 nitrogen and oxygen atoms in total. The molecule has 19 heavy (non-hydrogen) atoms. The molecule has 1 aromatic heterocycles. The van der Waals surface area contributed by atoms with Gasteiger partial charge in [-0.2, -0.15) is 0 Å². The number of hydrazine groups is 1. The molecular formula is C12H14FN5S. The number of anilines is 3. The van der Waals surface area contributed by atoms with E-state index in [1.165, 1.54) is 17.8 Å². The van der Waals surface area contributed by atoms with E-state index in [1.54, 1.807) is 12.1 Å². The van der Waals surface area contributed by atoms with Crippen molar-refractivity contribution in [2.24, 2.45) is 5.84 Å². The largest absolute Gasteiger partial charge is 0.338 e. The third-order valence-corrected chi connectivity index (χ3v) is 2.97. The van der Waals surface area contributed by atoms with Gasteiger partial charge in [0, 0.05) is 6.07 Å². The maximum absolute atomic E-state index is 13.7. The number of nitrogens with zero attached hydrogens (tertiary/aromatic N) is 2. The van der Waals surface area contributed by atoms with E-state index in [0.29, 0.717) is 22.5 Å². The van der Waals surface area contributed by atoms with Crippen LogP contribution in [0.2, 0.25) is 0 Å². The van der Waals surface area contributed by atoms with Crippen molar-refractivity contribution in [1.29, 1.82) is 0 Å². The van der Waals surface area contributed by atoms with Crippen molar-refractivity contribution in [2.75, 3.05) is 17.0 Å². The summed E-state index contributed by atoms with van der Waals surface area (Å²) in [6, 6.07) is 6.56. The molecule has 0 saturated carbocycles. The number of nitrogens with one attached hydrogen (secondary N) is 2. The zero-order valence-electron chi connectivity index (χ0n) is 10.6. The zero-order chi connectivity index (χ0) is 13.8. The van der Waals surface area contributed by atoms with Crippen LogP contribution in [-0.4, -0.2) is 16.2 Å². The molecule has 0 unspecified atom stereocenters. The van der Waals surface area contributed by atoms with Gasteiger partial charge in [-0.05, 0) is 30.9 Å². The summed E-state index contributed by atoms with van der Waals surface area (Å²) in [7, 11) is 0. The molecular weight excluding hydrogens is 265 g/mol. The van der Waals surface area contributed by atoms with E-state index >= 15 is 0 Å². The molecule has 1 aromatic carbocycles. The van der Waals surface area contributed by atoms with Gasteiger partial charge in [0.1, 0.15) is 17.5 Å². The van der Waals surface area contributed by atoms with Crippen LogP contribution in [0.4, 0.5) is 21.7 Å². The summed E-state index contributed by atoms with van der Waals surface area (Å²) in [6.45, 7) is 1.83. The van der Waals surface area contributed by atoms with Gasteiger partial charge in [-0.3, -0.25) is 0 Å². The van der Waals surface area contributed by atoms with Gasteiger partial charge in [0.2, 0.25) is 0 Å². The van der Waals surface area contributed by atoms with Gasteiger partial charge >= 0.3 is 0 Å². The van der Waals surface area contributed by atoms with Crippen molar-refractivity contribution in [3.05, 3.63) is 35.6 Å². The molecule has 0 aliphatic carbocycles. The van der Waals surface area contributed by atoms with Crippen LogP contribution in [0, 0.1) is 12.7 Å². The Morgan fingerprint density at radius 1 is 1.21 bits per heavy atom. The first-order chi connectivity index (χ1) is 9.12. The van der Waals surface area contributed by atoms with Crippen molar-refractivity contribution in [3.8, 4) is 0 Å². The number of aromatic nitrogens is 2. The molecule has 1 heterocycles. The smallest absolute Gasteiger partial charge is 0.191 e. The molecule has 0 bridgehead atoms. The van der Waals surface area contributed by atoms with Crippen LogP contribution < -0.4 is 16.6 Å². The first-order valence-electron chi connectivity index (χ1n) is 5.55. The van der Waals surface area contributed by atoms with Crippen molar-refractivity contribution in [1.82, 2.24) is 9.97 Å². The predicted octanol–water partition coefficient (Wildman–Crippen LogP) is 2.68. The number of rotatable bonds is 4. The topological polar surface area (TPSA) is 75.9 Å². The Bertz CT molecular complexity index is 568. The summed E-state index contributed by atoms with van der Waals surface area (Å²) in [4.78, 5) is 8.37. The summed E-state index contributed by atoms with van der Waals surface area (Å²) in [6.07, 6.45) is 1.85. The number of halogens is 1. The highest BCUT2D eigenvalue weighted by molar-refractivity contribution is 7.98. The minimum Gasteiger partial charge on any atom is -0.338 e. The standard InChI is InChI=1S/C12H14FN5S/c1-7-3-4-9(8(13)5-7)15-10-6-11(18-14)17-12(16-10)19-2/h3-6H,14H2,1-2H3,(H2,15,16,17,18). The molecule has 0 fully saturated rings. The second kappa shape index (κ2) is 5.85. The summed E-state index contributed by atoms with van der Waals surface area (Å²) >= 11 is 1.38. The van der Waals surface area contributed by atoms with Crippen LogP contribution in [-0.2, 0) is 0 Å². The molecule has 0 aliphatic heterocycles. The van der Waals surface area contributed by atoms with E-state index in [0.717, 1.165) is 5.56 Å². The van der Waals surface area contributed by atoms with Crippen LogP contribution >= 0.6 is 11.8 Å².